The maximum Gasteiger partial charge on any atom is 0.329 e. The highest BCUT2D eigenvalue weighted by Crippen LogP contribution is 2.19. The Kier molecular flexibility index (Phi) is 6.94. The standard InChI is InChI=1S/C18H24N2O5/c1-13-4-6-14(7-5-13)18(24)20-9-2-3-15(11-20)17(23)19-8-10-25-12-16(21)22/h4-7,15H,2-3,8-12H2,1H3,(H,19,23)(H,21,22). The number of benzene rings is 1. The highest BCUT2D eigenvalue weighted by molar-refractivity contribution is 5.94. The molecule has 1 unspecified atom stereocenters. The average Bonchev–Trinajstić information content (AvgIpc) is 2.61. The van der Waals surface area contributed by atoms with Crippen LogP contribution in [0.25, 0.3) is 0 Å². The molecule has 0 aromatic heterocycles. The van der Waals surface area contributed by atoms with E-state index in [1.807, 2.05) is 19.1 Å². The van der Waals surface area contributed by atoms with Gasteiger partial charge in [-0.1, -0.05) is 17.7 Å². The molecule has 2 amide bonds. The summed E-state index contributed by atoms with van der Waals surface area (Å²) in [5.41, 5.74) is 1.73. The van der Waals surface area contributed by atoms with Gasteiger partial charge in [-0.05, 0) is 31.9 Å². The van der Waals surface area contributed by atoms with Crippen molar-refractivity contribution < 1.29 is 24.2 Å². The summed E-state index contributed by atoms with van der Waals surface area (Å²) in [5, 5.41) is 11.2. The predicted molar refractivity (Wildman–Crippen MR) is 91.3 cm³/mol. The summed E-state index contributed by atoms with van der Waals surface area (Å²) in [4.78, 5) is 36.8. The minimum absolute atomic E-state index is 0.0534. The van der Waals surface area contributed by atoms with Crippen LogP contribution in [0.2, 0.25) is 0 Å². The third-order valence-corrected chi connectivity index (χ3v) is 4.15. The Hall–Kier alpha value is -2.41. The van der Waals surface area contributed by atoms with E-state index < -0.39 is 5.97 Å². The molecule has 7 nitrogen and oxygen atoms in total. The van der Waals surface area contributed by atoms with Crippen molar-refractivity contribution in [3.63, 3.8) is 0 Å². The molecule has 2 rings (SSSR count). The molecule has 1 aromatic rings. The molecule has 1 fully saturated rings. The number of carboxylic acid groups (broad SMARTS) is 1. The molecule has 1 aliphatic heterocycles. The van der Waals surface area contributed by atoms with E-state index in [0.29, 0.717) is 18.7 Å². The van der Waals surface area contributed by atoms with Gasteiger partial charge in [-0.15, -0.1) is 0 Å². The van der Waals surface area contributed by atoms with Crippen LogP contribution in [0.5, 0.6) is 0 Å². The van der Waals surface area contributed by atoms with Gasteiger partial charge in [-0.2, -0.15) is 0 Å². The summed E-state index contributed by atoms with van der Waals surface area (Å²) in [6.45, 7) is 3.05. The van der Waals surface area contributed by atoms with Gasteiger partial charge in [0.25, 0.3) is 5.91 Å². The van der Waals surface area contributed by atoms with Gasteiger partial charge in [0.2, 0.25) is 5.91 Å². The molecule has 1 saturated heterocycles. The Balaban J connectivity index is 1.81. The molecule has 0 radical (unpaired) electrons. The average molecular weight is 348 g/mol. The minimum atomic E-state index is -1.04. The number of hydrogen-bond acceptors (Lipinski definition) is 4. The molecule has 1 heterocycles. The highest BCUT2D eigenvalue weighted by atomic mass is 16.5. The lowest BCUT2D eigenvalue weighted by atomic mass is 9.96. The molecule has 0 saturated carbocycles. The number of aliphatic carboxylic acids is 1. The first-order valence-electron chi connectivity index (χ1n) is 8.40. The smallest absolute Gasteiger partial charge is 0.329 e. The van der Waals surface area contributed by atoms with Crippen molar-refractivity contribution in [2.45, 2.75) is 19.8 Å². The summed E-state index contributed by atoms with van der Waals surface area (Å²) in [5.74, 6) is -1.46. The molecular formula is C18H24N2O5. The van der Waals surface area contributed by atoms with E-state index in [4.69, 9.17) is 9.84 Å². The maximum absolute atomic E-state index is 12.6. The zero-order valence-corrected chi connectivity index (χ0v) is 14.4. The monoisotopic (exact) mass is 348 g/mol. The van der Waals surface area contributed by atoms with Gasteiger partial charge in [-0.25, -0.2) is 4.79 Å². The summed E-state index contributed by atoms with van der Waals surface area (Å²) >= 11 is 0. The minimum Gasteiger partial charge on any atom is -0.480 e. The Bertz CT molecular complexity index is 614. The fraction of sp³-hybridized carbons (Fsp3) is 0.500. The van der Waals surface area contributed by atoms with Gasteiger partial charge in [0, 0.05) is 25.2 Å². The highest BCUT2D eigenvalue weighted by Gasteiger charge is 2.28. The number of carbonyl (C=O) groups excluding carboxylic acids is 2. The lowest BCUT2D eigenvalue weighted by Gasteiger charge is -2.32. The molecule has 2 N–H and O–H groups in total. The van der Waals surface area contributed by atoms with Crippen LogP contribution >= 0.6 is 0 Å². The molecule has 7 heteroatoms. The third kappa shape index (κ3) is 5.86. The van der Waals surface area contributed by atoms with Crippen molar-refractivity contribution in [3.8, 4) is 0 Å². The topological polar surface area (TPSA) is 95.9 Å². The Morgan fingerprint density at radius 3 is 2.68 bits per heavy atom. The van der Waals surface area contributed by atoms with Crippen LogP contribution in [0.4, 0.5) is 0 Å². The van der Waals surface area contributed by atoms with Crippen LogP contribution in [0.15, 0.2) is 24.3 Å². The number of hydrogen-bond donors (Lipinski definition) is 2. The lowest BCUT2D eigenvalue weighted by molar-refractivity contribution is -0.142. The van der Waals surface area contributed by atoms with E-state index >= 15 is 0 Å². The van der Waals surface area contributed by atoms with Gasteiger partial charge in [0.1, 0.15) is 6.61 Å². The number of nitrogens with zero attached hydrogens (tertiary/aromatic N) is 1. The molecule has 1 aliphatic rings. The molecule has 25 heavy (non-hydrogen) atoms. The number of likely N-dealkylation sites (tertiary alicyclic amines) is 1. The molecule has 0 bridgehead atoms. The van der Waals surface area contributed by atoms with Gasteiger partial charge in [0.05, 0.1) is 12.5 Å². The summed E-state index contributed by atoms with van der Waals surface area (Å²) in [7, 11) is 0. The van der Waals surface area contributed by atoms with Crippen molar-refractivity contribution in [3.05, 3.63) is 35.4 Å². The number of amides is 2. The van der Waals surface area contributed by atoms with Gasteiger partial charge in [-0.3, -0.25) is 9.59 Å². The van der Waals surface area contributed by atoms with E-state index in [9.17, 15) is 14.4 Å². The Morgan fingerprint density at radius 2 is 2.00 bits per heavy atom. The second-order valence-electron chi connectivity index (χ2n) is 6.19. The number of carboxylic acids is 1. The maximum atomic E-state index is 12.6. The number of nitrogens with one attached hydrogen (secondary N) is 1. The normalized spacial score (nSPS) is 17.2. The van der Waals surface area contributed by atoms with Crippen molar-refractivity contribution in [2.75, 3.05) is 32.8 Å². The zero-order valence-electron chi connectivity index (χ0n) is 14.4. The predicted octanol–water partition coefficient (Wildman–Crippen LogP) is 1.06. The molecule has 0 aliphatic carbocycles. The number of rotatable bonds is 7. The van der Waals surface area contributed by atoms with Crippen LogP contribution in [0, 0.1) is 12.8 Å². The van der Waals surface area contributed by atoms with Crippen LogP contribution in [-0.2, 0) is 14.3 Å². The first kappa shape index (κ1) is 18.9. The first-order chi connectivity index (χ1) is 12.0. The SMILES string of the molecule is Cc1ccc(C(=O)N2CCCC(C(=O)NCCOCC(=O)O)C2)cc1. The second-order valence-corrected chi connectivity index (χ2v) is 6.19. The van der Waals surface area contributed by atoms with Crippen molar-refractivity contribution >= 4 is 17.8 Å². The van der Waals surface area contributed by atoms with Crippen LogP contribution in [0.1, 0.15) is 28.8 Å². The van der Waals surface area contributed by atoms with E-state index in [1.165, 1.54) is 0 Å². The van der Waals surface area contributed by atoms with Crippen molar-refractivity contribution in [1.29, 1.82) is 0 Å². The number of piperidine rings is 1. The number of ether oxygens (including phenoxy) is 1. The van der Waals surface area contributed by atoms with E-state index in [2.05, 4.69) is 5.32 Å². The van der Waals surface area contributed by atoms with Crippen LogP contribution < -0.4 is 5.32 Å². The fourth-order valence-corrected chi connectivity index (χ4v) is 2.80. The van der Waals surface area contributed by atoms with Crippen molar-refractivity contribution in [2.24, 2.45) is 5.92 Å². The summed E-state index contributed by atoms with van der Waals surface area (Å²) < 4.78 is 4.88. The van der Waals surface area contributed by atoms with E-state index in [0.717, 1.165) is 18.4 Å². The van der Waals surface area contributed by atoms with Crippen molar-refractivity contribution in [1.82, 2.24) is 10.2 Å². The van der Waals surface area contributed by atoms with Gasteiger partial charge in [0.15, 0.2) is 0 Å². The first-order valence-corrected chi connectivity index (χ1v) is 8.40. The summed E-state index contributed by atoms with van der Waals surface area (Å²) in [6, 6.07) is 7.42. The molecule has 1 atom stereocenters. The van der Waals surface area contributed by atoms with Gasteiger partial charge >= 0.3 is 5.97 Å². The number of carbonyl (C=O) groups is 3. The zero-order chi connectivity index (χ0) is 18.2. The summed E-state index contributed by atoms with van der Waals surface area (Å²) in [6.07, 6.45) is 1.52. The van der Waals surface area contributed by atoms with E-state index in [-0.39, 0.29) is 37.5 Å². The van der Waals surface area contributed by atoms with Crippen LogP contribution in [0.3, 0.4) is 0 Å². The number of aryl methyl sites for hydroxylation is 1. The quantitative estimate of drug-likeness (QED) is 0.719. The Morgan fingerprint density at radius 1 is 1.28 bits per heavy atom. The molecule has 1 aromatic carbocycles. The van der Waals surface area contributed by atoms with E-state index in [1.54, 1.807) is 17.0 Å². The Labute approximate surface area is 147 Å². The third-order valence-electron chi connectivity index (χ3n) is 4.15. The van der Waals surface area contributed by atoms with Gasteiger partial charge < -0.3 is 20.1 Å². The largest absolute Gasteiger partial charge is 0.480 e. The molecular weight excluding hydrogens is 324 g/mol. The molecule has 0 spiro atoms. The lowest BCUT2D eigenvalue weighted by Crippen LogP contribution is -2.46. The fourth-order valence-electron chi connectivity index (χ4n) is 2.80. The molecule has 136 valence electrons. The van der Waals surface area contributed by atoms with Crippen LogP contribution in [-0.4, -0.2) is 60.6 Å². The second kappa shape index (κ2) is 9.17.